The van der Waals surface area contributed by atoms with E-state index in [1.54, 1.807) is 12.3 Å². The van der Waals surface area contributed by atoms with Crippen LogP contribution in [0.5, 0.6) is 0 Å². The normalized spacial score (nSPS) is 13.4. The maximum Gasteiger partial charge on any atom is 0.268 e. The molecule has 1 N–H and O–H groups in total. The highest BCUT2D eigenvalue weighted by Gasteiger charge is 2.07. The van der Waals surface area contributed by atoms with Crippen LogP contribution in [0.1, 0.15) is 0 Å². The minimum Gasteiger partial charge on any atom is -0.300 e. The van der Waals surface area contributed by atoms with E-state index in [0.29, 0.717) is 5.78 Å². The largest absolute Gasteiger partial charge is 0.300 e. The standard InChI is InChI=1S/C5H4N4O2S/c10-12(11)5-7-4-6-2-1-3-9(4)8-5/h1-3H,(H,10,11). The lowest BCUT2D eigenvalue weighted by atomic mass is 10.7. The Bertz CT molecular complexity index is 407. The molecule has 12 heavy (non-hydrogen) atoms. The zero-order chi connectivity index (χ0) is 8.55. The van der Waals surface area contributed by atoms with Gasteiger partial charge in [-0.1, -0.05) is 0 Å². The maximum atomic E-state index is 10.5. The van der Waals surface area contributed by atoms with Gasteiger partial charge in [-0.15, -0.1) is 5.10 Å². The lowest BCUT2D eigenvalue weighted by molar-refractivity contribution is 0.555. The lowest BCUT2D eigenvalue weighted by Gasteiger charge is -1.83. The molecule has 0 aromatic carbocycles. The molecular formula is C5H4N4O2S. The Morgan fingerprint density at radius 2 is 2.42 bits per heavy atom. The molecular weight excluding hydrogens is 180 g/mol. The summed E-state index contributed by atoms with van der Waals surface area (Å²) in [5, 5.41) is 3.57. The molecule has 0 saturated carbocycles. The average Bonchev–Trinajstić information content (AvgIpc) is 2.46. The molecule has 0 amide bonds. The Hall–Kier alpha value is -1.34. The Labute approximate surface area is 69.6 Å². The number of aromatic nitrogens is 4. The fourth-order valence-electron chi connectivity index (χ4n) is 0.788. The van der Waals surface area contributed by atoms with E-state index in [9.17, 15) is 4.21 Å². The van der Waals surface area contributed by atoms with Crippen LogP contribution in [0.4, 0.5) is 0 Å². The summed E-state index contributed by atoms with van der Waals surface area (Å²) in [6, 6.07) is 1.66. The fourth-order valence-corrected chi connectivity index (χ4v) is 1.11. The molecule has 0 radical (unpaired) electrons. The summed E-state index contributed by atoms with van der Waals surface area (Å²) in [6.45, 7) is 0. The van der Waals surface area contributed by atoms with Gasteiger partial charge in [0.15, 0.2) is 0 Å². The van der Waals surface area contributed by atoms with Crippen LogP contribution in [0.2, 0.25) is 0 Å². The highest BCUT2D eigenvalue weighted by Crippen LogP contribution is 1.99. The van der Waals surface area contributed by atoms with Crippen molar-refractivity contribution in [1.29, 1.82) is 0 Å². The quantitative estimate of drug-likeness (QED) is 0.616. The van der Waals surface area contributed by atoms with Gasteiger partial charge in [0, 0.05) is 12.4 Å². The van der Waals surface area contributed by atoms with E-state index in [1.807, 2.05) is 0 Å². The second kappa shape index (κ2) is 2.61. The van der Waals surface area contributed by atoms with Gasteiger partial charge in [-0.2, -0.15) is 4.98 Å². The van der Waals surface area contributed by atoms with Crippen LogP contribution in [0.15, 0.2) is 23.6 Å². The minimum atomic E-state index is -2.14. The summed E-state index contributed by atoms with van der Waals surface area (Å²) < 4.78 is 20.5. The van der Waals surface area contributed by atoms with Gasteiger partial charge in [-0.3, -0.25) is 4.55 Å². The van der Waals surface area contributed by atoms with Crippen LogP contribution in [-0.2, 0) is 11.1 Å². The van der Waals surface area contributed by atoms with E-state index < -0.39 is 11.1 Å². The molecule has 2 rings (SSSR count). The molecule has 2 aromatic heterocycles. The lowest BCUT2D eigenvalue weighted by Crippen LogP contribution is -1.91. The van der Waals surface area contributed by atoms with Gasteiger partial charge in [0.2, 0.25) is 11.1 Å². The van der Waals surface area contributed by atoms with E-state index >= 15 is 0 Å². The molecule has 2 heterocycles. The highest BCUT2D eigenvalue weighted by molar-refractivity contribution is 7.79. The summed E-state index contributed by atoms with van der Waals surface area (Å²) in [7, 11) is 0. The van der Waals surface area contributed by atoms with E-state index in [2.05, 4.69) is 15.1 Å². The van der Waals surface area contributed by atoms with Crippen molar-refractivity contribution < 1.29 is 8.76 Å². The van der Waals surface area contributed by atoms with Crippen LogP contribution in [-0.4, -0.2) is 28.3 Å². The molecule has 6 nitrogen and oxygen atoms in total. The van der Waals surface area contributed by atoms with Crippen molar-refractivity contribution in [2.75, 3.05) is 0 Å². The van der Waals surface area contributed by atoms with Gasteiger partial charge in [-0.25, -0.2) is 13.7 Å². The zero-order valence-corrected chi connectivity index (χ0v) is 6.60. The molecule has 1 unspecified atom stereocenters. The monoisotopic (exact) mass is 184 g/mol. The van der Waals surface area contributed by atoms with Gasteiger partial charge >= 0.3 is 0 Å². The zero-order valence-electron chi connectivity index (χ0n) is 5.78. The van der Waals surface area contributed by atoms with Crippen LogP contribution >= 0.6 is 0 Å². The van der Waals surface area contributed by atoms with Crippen molar-refractivity contribution in [1.82, 2.24) is 19.6 Å². The minimum absolute atomic E-state index is 0.131. The fraction of sp³-hybridized carbons (Fsp3) is 0. The molecule has 2 aromatic rings. The van der Waals surface area contributed by atoms with Crippen molar-refractivity contribution in [2.45, 2.75) is 5.16 Å². The Kier molecular flexibility index (Phi) is 1.59. The first-order valence-electron chi connectivity index (χ1n) is 3.05. The van der Waals surface area contributed by atoms with Gasteiger partial charge < -0.3 is 0 Å². The van der Waals surface area contributed by atoms with E-state index in [1.165, 1.54) is 10.7 Å². The predicted molar refractivity (Wildman–Crippen MR) is 39.8 cm³/mol. The summed E-state index contributed by atoms with van der Waals surface area (Å²) in [4.78, 5) is 7.53. The molecule has 0 saturated heterocycles. The van der Waals surface area contributed by atoms with Gasteiger partial charge in [-0.05, 0) is 6.07 Å². The molecule has 1 atom stereocenters. The maximum absolute atomic E-state index is 10.5. The van der Waals surface area contributed by atoms with E-state index in [4.69, 9.17) is 4.55 Å². The Balaban J connectivity index is 2.70. The first-order valence-corrected chi connectivity index (χ1v) is 4.16. The summed E-state index contributed by atoms with van der Waals surface area (Å²) in [5.41, 5.74) is 0. The number of rotatable bonds is 1. The summed E-state index contributed by atoms with van der Waals surface area (Å²) in [6.07, 6.45) is 3.14. The van der Waals surface area contributed by atoms with Crippen molar-refractivity contribution in [3.8, 4) is 0 Å². The molecule has 0 spiro atoms. The predicted octanol–water partition coefficient (Wildman–Crippen LogP) is -0.295. The van der Waals surface area contributed by atoms with Crippen LogP contribution in [0.25, 0.3) is 5.78 Å². The smallest absolute Gasteiger partial charge is 0.268 e. The molecule has 0 aliphatic rings. The molecule has 0 bridgehead atoms. The second-order valence-corrected chi connectivity index (χ2v) is 2.87. The Morgan fingerprint density at radius 1 is 1.58 bits per heavy atom. The van der Waals surface area contributed by atoms with E-state index in [-0.39, 0.29) is 5.16 Å². The second-order valence-electron chi connectivity index (χ2n) is 2.01. The van der Waals surface area contributed by atoms with Crippen molar-refractivity contribution in [2.24, 2.45) is 0 Å². The SMILES string of the molecule is O=S(O)c1nc2ncccn2n1. The number of fused-ring (bicyclic) bond motifs is 1. The number of hydrogen-bond donors (Lipinski definition) is 1. The molecule has 0 aliphatic carbocycles. The third-order valence-electron chi connectivity index (χ3n) is 1.25. The Morgan fingerprint density at radius 3 is 3.08 bits per heavy atom. The average molecular weight is 184 g/mol. The molecule has 62 valence electrons. The summed E-state index contributed by atoms with van der Waals surface area (Å²) in [5.74, 6) is 0.315. The van der Waals surface area contributed by atoms with Crippen LogP contribution < -0.4 is 0 Å². The van der Waals surface area contributed by atoms with Crippen molar-refractivity contribution >= 4 is 16.9 Å². The van der Waals surface area contributed by atoms with E-state index in [0.717, 1.165) is 0 Å². The third kappa shape index (κ3) is 1.08. The van der Waals surface area contributed by atoms with Gasteiger partial charge in [0.1, 0.15) is 0 Å². The number of nitrogens with zero attached hydrogens (tertiary/aromatic N) is 4. The van der Waals surface area contributed by atoms with Gasteiger partial charge in [0.05, 0.1) is 0 Å². The molecule has 0 aliphatic heterocycles. The van der Waals surface area contributed by atoms with Crippen molar-refractivity contribution in [3.63, 3.8) is 0 Å². The first kappa shape index (κ1) is 7.32. The highest BCUT2D eigenvalue weighted by atomic mass is 32.2. The topological polar surface area (TPSA) is 80.4 Å². The first-order chi connectivity index (χ1) is 5.77. The molecule has 7 heteroatoms. The van der Waals surface area contributed by atoms with Crippen molar-refractivity contribution in [3.05, 3.63) is 18.5 Å². The number of hydrogen-bond acceptors (Lipinski definition) is 4. The summed E-state index contributed by atoms with van der Waals surface area (Å²) >= 11 is -2.14. The van der Waals surface area contributed by atoms with Crippen LogP contribution in [0, 0.1) is 0 Å². The van der Waals surface area contributed by atoms with Gasteiger partial charge in [0.25, 0.3) is 10.9 Å². The molecule has 0 fully saturated rings. The third-order valence-corrected chi connectivity index (χ3v) is 1.74. The van der Waals surface area contributed by atoms with Crippen LogP contribution in [0.3, 0.4) is 0 Å².